The molecule has 3 N–H and O–H groups in total. The minimum absolute atomic E-state index is 0.105. The van der Waals surface area contributed by atoms with Gasteiger partial charge < -0.3 is 15.3 Å². The van der Waals surface area contributed by atoms with Gasteiger partial charge in [0.2, 0.25) is 0 Å². The zero-order valence-corrected chi connectivity index (χ0v) is 16.0. The average molecular weight is 360 g/mol. The van der Waals surface area contributed by atoms with E-state index in [1.165, 1.54) is 5.57 Å². The summed E-state index contributed by atoms with van der Waals surface area (Å²) in [6.45, 7) is 8.06. The molecule has 26 heavy (non-hydrogen) atoms. The summed E-state index contributed by atoms with van der Waals surface area (Å²) in [7, 11) is 0. The molecule has 7 atom stereocenters. The van der Waals surface area contributed by atoms with E-state index < -0.39 is 17.1 Å². The predicted octanol–water partition coefficient (Wildman–Crippen LogP) is 2.77. The van der Waals surface area contributed by atoms with Gasteiger partial charge in [0.05, 0.1) is 18.3 Å². The molecular formula is C22H32O4. The molecule has 0 bridgehead atoms. The van der Waals surface area contributed by atoms with Crippen LogP contribution in [-0.4, -0.2) is 39.4 Å². The molecule has 144 valence electrons. The third kappa shape index (κ3) is 2.15. The maximum Gasteiger partial charge on any atom is 0.155 e. The first kappa shape index (κ1) is 18.4. The van der Waals surface area contributed by atoms with Crippen molar-refractivity contribution in [3.63, 3.8) is 0 Å². The maximum absolute atomic E-state index is 11.9. The Bertz CT molecular complexity index is 682. The number of hydrogen-bond donors (Lipinski definition) is 3. The van der Waals surface area contributed by atoms with Crippen molar-refractivity contribution in [1.29, 1.82) is 0 Å². The lowest BCUT2D eigenvalue weighted by atomic mass is 9.45. The van der Waals surface area contributed by atoms with E-state index in [0.717, 1.165) is 25.7 Å². The summed E-state index contributed by atoms with van der Waals surface area (Å²) >= 11 is 0. The molecule has 0 saturated heterocycles. The molecule has 4 aliphatic carbocycles. The van der Waals surface area contributed by atoms with Gasteiger partial charge in [0.1, 0.15) is 0 Å². The summed E-state index contributed by atoms with van der Waals surface area (Å²) in [5.41, 5.74) is 0.0596. The van der Waals surface area contributed by atoms with Gasteiger partial charge in [0, 0.05) is 11.8 Å². The van der Waals surface area contributed by atoms with Crippen LogP contribution in [0, 0.1) is 28.6 Å². The van der Waals surface area contributed by atoms with Gasteiger partial charge in [-0.25, -0.2) is 0 Å². The second kappa shape index (κ2) is 5.76. The molecule has 4 heteroatoms. The number of carbonyl (C=O) groups is 1. The molecule has 4 aliphatic rings. The number of carbonyl (C=O) groups excluding carboxylic acids is 1. The molecule has 4 rings (SSSR count). The summed E-state index contributed by atoms with van der Waals surface area (Å²) in [6, 6.07) is 0. The number of allylic oxidation sites excluding steroid dienone is 1. The molecule has 0 aliphatic heterocycles. The van der Waals surface area contributed by atoms with Crippen LogP contribution in [0.15, 0.2) is 23.8 Å². The van der Waals surface area contributed by atoms with Crippen LogP contribution in [0.1, 0.15) is 58.8 Å². The van der Waals surface area contributed by atoms with Crippen molar-refractivity contribution < 1.29 is 20.1 Å². The fourth-order valence-electron chi connectivity index (χ4n) is 7.40. The minimum Gasteiger partial charge on any atom is -0.393 e. The Morgan fingerprint density at radius 1 is 1.27 bits per heavy atom. The molecule has 3 fully saturated rings. The topological polar surface area (TPSA) is 77.8 Å². The van der Waals surface area contributed by atoms with Gasteiger partial charge in [-0.3, -0.25) is 4.79 Å². The minimum atomic E-state index is -1.10. The standard InChI is InChI=1S/C22H32O4/c1-13(12-23)22(26)9-7-17-16-5-4-14-10-15(24)6-8-20(14,2)19(16)18(25)11-21(17,22)3/h10,16-19,23,25-26H,1,4-9,11-12H2,2-3H3/t16-,17+,18+,19+,20-,21-,22-/m0/s1. The van der Waals surface area contributed by atoms with Gasteiger partial charge in [0.15, 0.2) is 5.78 Å². The van der Waals surface area contributed by atoms with Crippen molar-refractivity contribution in [2.24, 2.45) is 28.6 Å². The second-order valence-corrected chi connectivity index (χ2v) is 9.74. The Morgan fingerprint density at radius 2 is 2.00 bits per heavy atom. The molecule has 0 aromatic rings. The molecule has 0 spiro atoms. The zero-order valence-electron chi connectivity index (χ0n) is 16.0. The van der Waals surface area contributed by atoms with Gasteiger partial charge in [-0.1, -0.05) is 26.0 Å². The summed E-state index contributed by atoms with van der Waals surface area (Å²) in [5, 5.41) is 32.3. The van der Waals surface area contributed by atoms with E-state index in [0.29, 0.717) is 36.7 Å². The first-order chi connectivity index (χ1) is 12.2. The fourth-order valence-corrected chi connectivity index (χ4v) is 7.40. The van der Waals surface area contributed by atoms with Crippen molar-refractivity contribution in [2.75, 3.05) is 6.61 Å². The van der Waals surface area contributed by atoms with E-state index in [1.54, 1.807) is 0 Å². The Balaban J connectivity index is 1.74. The summed E-state index contributed by atoms with van der Waals surface area (Å²) in [6.07, 6.45) is 6.69. The van der Waals surface area contributed by atoms with Gasteiger partial charge in [0.25, 0.3) is 0 Å². The van der Waals surface area contributed by atoms with Gasteiger partial charge in [-0.2, -0.15) is 0 Å². The number of ketones is 1. The summed E-state index contributed by atoms with van der Waals surface area (Å²) in [4.78, 5) is 11.9. The van der Waals surface area contributed by atoms with Crippen molar-refractivity contribution in [2.45, 2.75) is 70.5 Å². The van der Waals surface area contributed by atoms with Gasteiger partial charge in [-0.15, -0.1) is 0 Å². The van der Waals surface area contributed by atoms with Crippen LogP contribution in [0.2, 0.25) is 0 Å². The number of rotatable bonds is 2. The van der Waals surface area contributed by atoms with Gasteiger partial charge >= 0.3 is 0 Å². The highest BCUT2D eigenvalue weighted by Crippen LogP contribution is 2.68. The van der Waals surface area contributed by atoms with Crippen LogP contribution < -0.4 is 0 Å². The lowest BCUT2D eigenvalue weighted by Gasteiger charge is -2.61. The van der Waals surface area contributed by atoms with Gasteiger partial charge in [-0.05, 0) is 73.3 Å². The second-order valence-electron chi connectivity index (χ2n) is 9.74. The number of aliphatic hydroxyl groups excluding tert-OH is 2. The van der Waals surface area contributed by atoms with Crippen LogP contribution >= 0.6 is 0 Å². The lowest BCUT2D eigenvalue weighted by Crippen LogP contribution is -2.60. The molecule has 0 heterocycles. The van der Waals surface area contributed by atoms with E-state index in [2.05, 4.69) is 20.4 Å². The first-order valence-corrected chi connectivity index (χ1v) is 10.1. The molecule has 4 nitrogen and oxygen atoms in total. The molecule has 0 amide bonds. The lowest BCUT2D eigenvalue weighted by molar-refractivity contribution is -0.162. The largest absolute Gasteiger partial charge is 0.393 e. The molecule has 0 unspecified atom stereocenters. The monoisotopic (exact) mass is 360 g/mol. The van der Waals surface area contributed by atoms with E-state index in [9.17, 15) is 20.1 Å². The SMILES string of the molecule is C=C(CO)[C@@]1(O)CC[C@@H]2[C@@H]3CCC4=CC(=O)CC[C@]4(C)[C@H]3[C@H](O)C[C@@]21C. The third-order valence-electron chi connectivity index (χ3n) is 8.82. The smallest absolute Gasteiger partial charge is 0.155 e. The number of fused-ring (bicyclic) bond motifs is 5. The maximum atomic E-state index is 11.9. The molecule has 3 saturated carbocycles. The van der Waals surface area contributed by atoms with Crippen LogP contribution in [0.25, 0.3) is 0 Å². The first-order valence-electron chi connectivity index (χ1n) is 10.1. The Hall–Kier alpha value is -0.970. The molecule has 0 aromatic heterocycles. The highest BCUT2D eigenvalue weighted by atomic mass is 16.3. The third-order valence-corrected chi connectivity index (χ3v) is 8.82. The van der Waals surface area contributed by atoms with Crippen molar-refractivity contribution in [3.05, 3.63) is 23.8 Å². The fraction of sp³-hybridized carbons (Fsp3) is 0.773. The average Bonchev–Trinajstić information content (AvgIpc) is 2.86. The highest BCUT2D eigenvalue weighted by Gasteiger charge is 2.66. The Labute approximate surface area is 156 Å². The van der Waals surface area contributed by atoms with Crippen molar-refractivity contribution in [3.8, 4) is 0 Å². The van der Waals surface area contributed by atoms with Crippen LogP contribution in [0.5, 0.6) is 0 Å². The molecule has 0 radical (unpaired) electrons. The molecular weight excluding hydrogens is 328 g/mol. The highest BCUT2D eigenvalue weighted by molar-refractivity contribution is 5.91. The number of hydrogen-bond acceptors (Lipinski definition) is 4. The Kier molecular flexibility index (Phi) is 4.08. The predicted molar refractivity (Wildman–Crippen MR) is 99.3 cm³/mol. The summed E-state index contributed by atoms with van der Waals surface area (Å²) in [5.74, 6) is 1.04. The van der Waals surface area contributed by atoms with Crippen molar-refractivity contribution in [1.82, 2.24) is 0 Å². The van der Waals surface area contributed by atoms with Crippen LogP contribution in [-0.2, 0) is 4.79 Å². The van der Waals surface area contributed by atoms with E-state index >= 15 is 0 Å². The quantitative estimate of drug-likeness (QED) is 0.662. The van der Waals surface area contributed by atoms with Crippen molar-refractivity contribution >= 4 is 5.78 Å². The summed E-state index contributed by atoms with van der Waals surface area (Å²) < 4.78 is 0. The zero-order chi connectivity index (χ0) is 18.9. The van der Waals surface area contributed by atoms with Crippen LogP contribution in [0.4, 0.5) is 0 Å². The van der Waals surface area contributed by atoms with Crippen LogP contribution in [0.3, 0.4) is 0 Å². The van der Waals surface area contributed by atoms with E-state index in [-0.39, 0.29) is 23.7 Å². The normalized spacial score (nSPS) is 50.5. The Morgan fingerprint density at radius 3 is 2.69 bits per heavy atom. The van der Waals surface area contributed by atoms with E-state index in [1.807, 2.05) is 6.08 Å². The molecule has 0 aromatic carbocycles. The van der Waals surface area contributed by atoms with E-state index in [4.69, 9.17) is 0 Å². The number of aliphatic hydroxyl groups is 3.